The monoisotopic (exact) mass is 414 g/mol. The molecule has 0 aromatic rings. The Hall–Kier alpha value is 0.320. The van der Waals surface area contributed by atoms with Crippen LogP contribution in [0.5, 0.6) is 0 Å². The number of aliphatic hydroxyl groups is 2. The van der Waals surface area contributed by atoms with Gasteiger partial charge in [-0.1, -0.05) is 96.8 Å². The zero-order chi connectivity index (χ0) is 19.5. The van der Waals surface area contributed by atoms with Gasteiger partial charge < -0.3 is 14.9 Å². The zero-order valence-electron chi connectivity index (χ0n) is 16.7. The van der Waals surface area contributed by atoms with Gasteiger partial charge in [-0.15, -0.1) is 0 Å². The van der Waals surface area contributed by atoms with Crippen LogP contribution in [-0.4, -0.2) is 72.6 Å². The van der Waals surface area contributed by atoms with Crippen molar-refractivity contribution in [2.24, 2.45) is 0 Å². The second kappa shape index (κ2) is 22.6. The third-order valence-electron chi connectivity index (χ3n) is 4.64. The van der Waals surface area contributed by atoms with E-state index >= 15 is 0 Å². The summed E-state index contributed by atoms with van der Waals surface area (Å²) >= 11 is 0. The van der Waals surface area contributed by atoms with Crippen LogP contribution in [0, 0.1) is 0 Å². The van der Waals surface area contributed by atoms with Gasteiger partial charge in [-0.2, -0.15) is 0 Å². The van der Waals surface area contributed by atoms with Crippen molar-refractivity contribution in [1.82, 2.24) is 0 Å². The van der Waals surface area contributed by atoms with E-state index in [0.29, 0.717) is 6.42 Å². The molecule has 0 rings (SSSR count). The molecule has 0 amide bonds. The predicted molar refractivity (Wildman–Crippen MR) is 112 cm³/mol. The van der Waals surface area contributed by atoms with Crippen LogP contribution in [0.4, 0.5) is 0 Å². The minimum absolute atomic E-state index is 0. The van der Waals surface area contributed by atoms with Crippen LogP contribution in [0.25, 0.3) is 0 Å². The maximum absolute atomic E-state index is 11.4. The number of hydrogen-bond acceptors (Lipinski definition) is 5. The number of unbranched alkanes of at least 4 members (excludes halogenated alkanes) is 14. The fourth-order valence-corrected chi connectivity index (χ4v) is 2.95. The van der Waals surface area contributed by atoms with E-state index in [0.717, 1.165) is 12.8 Å². The Morgan fingerprint density at radius 2 is 1.11 bits per heavy atom. The van der Waals surface area contributed by atoms with Gasteiger partial charge in [-0.3, -0.25) is 4.79 Å². The summed E-state index contributed by atoms with van der Waals surface area (Å²) in [5, 5.41) is 17.6. The van der Waals surface area contributed by atoms with Crippen LogP contribution in [0.3, 0.4) is 0 Å². The Balaban J connectivity index is 0. The molecule has 2 N–H and O–H groups in total. The molecule has 0 aliphatic carbocycles. The van der Waals surface area contributed by atoms with Crippen molar-refractivity contribution in [3.05, 3.63) is 0 Å². The molecule has 0 saturated heterocycles. The fourth-order valence-electron chi connectivity index (χ4n) is 2.95. The van der Waals surface area contributed by atoms with Crippen LogP contribution >= 0.6 is 0 Å². The van der Waals surface area contributed by atoms with Crippen LogP contribution < -0.4 is 0 Å². The third-order valence-corrected chi connectivity index (χ3v) is 4.64. The first-order chi connectivity index (χ1) is 12.6. The zero-order valence-corrected chi connectivity index (χ0v) is 16.7. The molecule has 0 bridgehead atoms. The molecule has 0 saturated carbocycles. The average Bonchev–Trinajstić information content (AvgIpc) is 2.64. The molecule has 6 heteroatoms. The van der Waals surface area contributed by atoms with Gasteiger partial charge in [0.25, 0.3) is 0 Å². The second-order valence-corrected chi connectivity index (χ2v) is 7.19. The molecular weight excluding hydrogens is 372 g/mol. The molecule has 1 unspecified atom stereocenters. The summed E-state index contributed by atoms with van der Waals surface area (Å²) in [5.41, 5.74) is 0. The molecule has 27 heavy (non-hydrogen) atoms. The molecular formula is C21H42CaO5. The summed E-state index contributed by atoms with van der Waals surface area (Å²) in [7, 11) is 0. The molecule has 1 atom stereocenters. The summed E-state index contributed by atoms with van der Waals surface area (Å²) in [6.07, 6.45) is 17.4. The number of hydrogen-bond donors (Lipinski definition) is 2. The number of rotatable bonds is 18. The minimum atomic E-state index is -1.62. The Bertz CT molecular complexity index is 349. The van der Waals surface area contributed by atoms with E-state index < -0.39 is 24.6 Å². The Kier molecular flexibility index (Phi) is 24.7. The SMILES string of the molecule is CCCCCCCCCCCCCCCCCC(=O)OC(=O)C(O)CO.[CaH2]. The molecule has 0 aromatic carbocycles. The van der Waals surface area contributed by atoms with Crippen LogP contribution in [0.15, 0.2) is 0 Å². The van der Waals surface area contributed by atoms with E-state index in [4.69, 9.17) is 10.2 Å². The number of carbonyl (C=O) groups is 2. The first-order valence-corrected chi connectivity index (χ1v) is 10.6. The summed E-state index contributed by atoms with van der Waals surface area (Å²) in [6, 6.07) is 0. The van der Waals surface area contributed by atoms with Gasteiger partial charge in [0.05, 0.1) is 6.61 Å². The van der Waals surface area contributed by atoms with Crippen LogP contribution in [0.1, 0.15) is 110 Å². The molecule has 158 valence electrons. The van der Waals surface area contributed by atoms with Gasteiger partial charge >= 0.3 is 49.7 Å². The average molecular weight is 415 g/mol. The van der Waals surface area contributed by atoms with E-state index in [-0.39, 0.29) is 44.2 Å². The quantitative estimate of drug-likeness (QED) is 0.154. The van der Waals surface area contributed by atoms with Gasteiger partial charge in [0.15, 0.2) is 6.10 Å². The second-order valence-electron chi connectivity index (χ2n) is 7.19. The molecule has 5 nitrogen and oxygen atoms in total. The molecule has 0 aliphatic heterocycles. The number of esters is 2. The van der Waals surface area contributed by atoms with Crippen molar-refractivity contribution in [1.29, 1.82) is 0 Å². The molecule has 0 spiro atoms. The van der Waals surface area contributed by atoms with Crippen molar-refractivity contribution in [2.75, 3.05) is 6.61 Å². The number of carbonyl (C=O) groups excluding carboxylic acids is 2. The van der Waals surface area contributed by atoms with Gasteiger partial charge in [-0.25, -0.2) is 4.79 Å². The summed E-state index contributed by atoms with van der Waals surface area (Å²) in [4.78, 5) is 22.5. The maximum atomic E-state index is 11.4. The van der Waals surface area contributed by atoms with Crippen LogP contribution in [-0.2, 0) is 14.3 Å². The Morgan fingerprint density at radius 1 is 0.741 bits per heavy atom. The van der Waals surface area contributed by atoms with Crippen molar-refractivity contribution in [3.8, 4) is 0 Å². The fraction of sp³-hybridized carbons (Fsp3) is 0.905. The van der Waals surface area contributed by atoms with E-state index in [9.17, 15) is 9.59 Å². The summed E-state index contributed by atoms with van der Waals surface area (Å²) in [5.74, 6) is -1.70. The topological polar surface area (TPSA) is 83.8 Å². The molecule has 0 fully saturated rings. The van der Waals surface area contributed by atoms with Crippen molar-refractivity contribution in [3.63, 3.8) is 0 Å². The normalized spacial score (nSPS) is 11.7. The molecule has 0 aliphatic rings. The predicted octanol–water partition coefficient (Wildman–Crippen LogP) is 3.75. The van der Waals surface area contributed by atoms with E-state index in [1.54, 1.807) is 0 Å². The first kappa shape index (κ1) is 29.5. The van der Waals surface area contributed by atoms with Crippen molar-refractivity contribution < 1.29 is 24.5 Å². The molecule has 0 radical (unpaired) electrons. The van der Waals surface area contributed by atoms with E-state index in [1.165, 1.54) is 77.0 Å². The first-order valence-electron chi connectivity index (χ1n) is 10.6. The third kappa shape index (κ3) is 20.9. The van der Waals surface area contributed by atoms with Gasteiger partial charge in [0.2, 0.25) is 0 Å². The van der Waals surface area contributed by atoms with Gasteiger partial charge in [-0.05, 0) is 6.42 Å². The molecule has 0 aromatic heterocycles. The van der Waals surface area contributed by atoms with Crippen LogP contribution in [0.2, 0.25) is 0 Å². The summed E-state index contributed by atoms with van der Waals surface area (Å²) < 4.78 is 4.43. The summed E-state index contributed by atoms with van der Waals surface area (Å²) in [6.45, 7) is 1.52. The van der Waals surface area contributed by atoms with Crippen molar-refractivity contribution in [2.45, 2.75) is 116 Å². The van der Waals surface area contributed by atoms with E-state index in [2.05, 4.69) is 11.7 Å². The van der Waals surface area contributed by atoms with Crippen molar-refractivity contribution >= 4 is 49.7 Å². The van der Waals surface area contributed by atoms with E-state index in [1.807, 2.05) is 0 Å². The Morgan fingerprint density at radius 3 is 1.48 bits per heavy atom. The molecule has 0 heterocycles. The van der Waals surface area contributed by atoms with Gasteiger partial charge in [0, 0.05) is 6.42 Å². The number of aliphatic hydroxyl groups excluding tert-OH is 2. The Labute approximate surface area is 195 Å². The number of ether oxygens (including phenoxy) is 1. The van der Waals surface area contributed by atoms with Gasteiger partial charge in [0.1, 0.15) is 0 Å². The standard InChI is InChI=1S/C21H40O5.Ca.2H/c1-2-3-4-5-6-7-8-9-10-11-12-13-14-15-16-17-20(24)26-21(25)19(23)18-22;;;/h19,22-23H,2-18H2,1H3;;;.